The van der Waals surface area contributed by atoms with Gasteiger partial charge in [-0.05, 0) is 221 Å². The van der Waals surface area contributed by atoms with E-state index in [0.29, 0.717) is 34.5 Å². The van der Waals surface area contributed by atoms with E-state index in [0.717, 1.165) is 135 Å². The second kappa shape index (κ2) is 24.5. The Morgan fingerprint density at radius 3 is 1.31 bits per heavy atom. The molecule has 16 atom stereocenters. The lowest BCUT2D eigenvalue weighted by Gasteiger charge is -2.58. The van der Waals surface area contributed by atoms with E-state index in [9.17, 15) is 9.59 Å². The third-order valence-corrected chi connectivity index (χ3v) is 23.5. The molecule has 406 valence electrons. The number of hydrogen-bond acceptors (Lipinski definition) is 4. The Kier molecular flexibility index (Phi) is 19.1. The average Bonchev–Trinajstić information content (AvgIpc) is 3.89. The first-order valence-electron chi connectivity index (χ1n) is 31.5. The molecule has 0 heterocycles. The molecule has 0 spiro atoms. The van der Waals surface area contributed by atoms with Crippen LogP contribution in [-0.4, -0.2) is 24.1 Å². The van der Waals surface area contributed by atoms with Gasteiger partial charge in [0, 0.05) is 25.7 Å². The largest absolute Gasteiger partial charge is 0.462 e. The molecular weight excluding hydrogens is 881 g/mol. The summed E-state index contributed by atoms with van der Waals surface area (Å²) in [7, 11) is 0. The van der Waals surface area contributed by atoms with Crippen molar-refractivity contribution in [2.75, 3.05) is 0 Å². The van der Waals surface area contributed by atoms with Crippen LogP contribution in [0.1, 0.15) is 262 Å². The van der Waals surface area contributed by atoms with E-state index in [1.54, 1.807) is 11.1 Å². The molecule has 0 aliphatic heterocycles. The highest BCUT2D eigenvalue weighted by Crippen LogP contribution is 2.69. The molecule has 8 aliphatic carbocycles. The highest BCUT2D eigenvalue weighted by Gasteiger charge is 2.61. The fourth-order valence-corrected chi connectivity index (χ4v) is 19.4. The molecule has 6 saturated carbocycles. The van der Waals surface area contributed by atoms with Crippen LogP contribution in [-0.2, 0) is 19.1 Å². The van der Waals surface area contributed by atoms with Gasteiger partial charge in [0.15, 0.2) is 0 Å². The number of unbranched alkanes of at least 4 members (excludes halogenated alkanes) is 3. The van der Waals surface area contributed by atoms with Crippen molar-refractivity contribution < 1.29 is 19.1 Å². The maximum atomic E-state index is 13.0. The zero-order valence-electron chi connectivity index (χ0n) is 48.4. The first kappa shape index (κ1) is 56.1. The Balaban J connectivity index is 0.666. The number of carbonyl (C=O) groups is 2. The van der Waals surface area contributed by atoms with Gasteiger partial charge in [-0.3, -0.25) is 9.59 Å². The van der Waals surface area contributed by atoms with Crippen LogP contribution >= 0.6 is 0 Å². The molecule has 4 nitrogen and oxygen atoms in total. The fourth-order valence-electron chi connectivity index (χ4n) is 19.4. The van der Waals surface area contributed by atoms with Crippen LogP contribution in [0.25, 0.3) is 0 Å². The molecule has 0 radical (unpaired) electrons. The molecular formula is C68H110O4. The lowest BCUT2D eigenvalue weighted by molar-refractivity contribution is -0.152. The Labute approximate surface area is 443 Å². The molecule has 0 bridgehead atoms. The van der Waals surface area contributed by atoms with Crippen molar-refractivity contribution in [2.45, 2.75) is 274 Å². The monoisotopic (exact) mass is 991 g/mol. The van der Waals surface area contributed by atoms with E-state index in [1.807, 2.05) is 0 Å². The van der Waals surface area contributed by atoms with E-state index in [1.165, 1.54) is 116 Å². The van der Waals surface area contributed by atoms with Crippen LogP contribution < -0.4 is 0 Å². The number of hydrogen-bond donors (Lipinski definition) is 0. The summed E-state index contributed by atoms with van der Waals surface area (Å²) in [5.41, 5.74) is 4.87. The molecule has 72 heavy (non-hydrogen) atoms. The minimum absolute atomic E-state index is 0.00584. The normalized spacial score (nSPS) is 39.1. The zero-order valence-corrected chi connectivity index (χ0v) is 48.4. The highest BCUT2D eigenvalue weighted by atomic mass is 16.5. The van der Waals surface area contributed by atoms with Gasteiger partial charge in [0.05, 0.1) is 0 Å². The third-order valence-electron chi connectivity index (χ3n) is 23.5. The molecule has 0 aromatic carbocycles. The quantitative estimate of drug-likeness (QED) is 0.0581. The minimum Gasteiger partial charge on any atom is -0.462 e. The maximum Gasteiger partial charge on any atom is 0.306 e. The molecule has 0 unspecified atom stereocenters. The predicted molar refractivity (Wildman–Crippen MR) is 301 cm³/mol. The summed E-state index contributed by atoms with van der Waals surface area (Å²) in [6.45, 7) is 25.3. The summed E-state index contributed by atoms with van der Waals surface area (Å²) in [4.78, 5) is 26.0. The van der Waals surface area contributed by atoms with Gasteiger partial charge >= 0.3 is 11.9 Å². The van der Waals surface area contributed by atoms with Gasteiger partial charge in [-0.25, -0.2) is 0 Å². The first-order chi connectivity index (χ1) is 34.5. The van der Waals surface area contributed by atoms with Crippen LogP contribution in [0.3, 0.4) is 0 Å². The molecule has 6 fully saturated rings. The van der Waals surface area contributed by atoms with Crippen molar-refractivity contribution in [1.29, 1.82) is 0 Å². The van der Waals surface area contributed by atoms with Gasteiger partial charge in [-0.1, -0.05) is 155 Å². The van der Waals surface area contributed by atoms with E-state index < -0.39 is 0 Å². The molecule has 8 aliphatic rings. The fraction of sp³-hybridized carbons (Fsp3) is 0.853. The smallest absolute Gasteiger partial charge is 0.306 e. The summed E-state index contributed by atoms with van der Waals surface area (Å²) >= 11 is 0. The lowest BCUT2D eigenvalue weighted by Crippen LogP contribution is -2.51. The summed E-state index contributed by atoms with van der Waals surface area (Å²) in [6, 6.07) is 0. The molecule has 8 rings (SSSR count). The van der Waals surface area contributed by atoms with Crippen molar-refractivity contribution in [2.24, 2.45) is 92.7 Å². The minimum atomic E-state index is -0.00584. The van der Waals surface area contributed by atoms with Crippen LogP contribution in [0.2, 0.25) is 0 Å². The van der Waals surface area contributed by atoms with Crippen LogP contribution in [0.4, 0.5) is 0 Å². The third kappa shape index (κ3) is 12.3. The second-order valence-corrected chi connectivity index (χ2v) is 28.6. The van der Waals surface area contributed by atoms with Crippen molar-refractivity contribution in [3.05, 3.63) is 47.6 Å². The molecule has 0 N–H and O–H groups in total. The van der Waals surface area contributed by atoms with E-state index in [-0.39, 0.29) is 24.1 Å². The van der Waals surface area contributed by atoms with Gasteiger partial charge in [0.2, 0.25) is 0 Å². The Hall–Kier alpha value is -2.10. The zero-order chi connectivity index (χ0) is 51.3. The number of rotatable bonds is 23. The Bertz CT molecular complexity index is 1780. The number of esters is 2. The van der Waals surface area contributed by atoms with E-state index >= 15 is 0 Å². The van der Waals surface area contributed by atoms with Crippen LogP contribution in [0.5, 0.6) is 0 Å². The van der Waals surface area contributed by atoms with Gasteiger partial charge in [-0.15, -0.1) is 0 Å². The SMILES string of the molecule is CC(C)CCC[C@@H](C)[C@H]1CC[C@H]2[C@@H]3CC=C4C[C@@H](OC(=O)CCC/C=C\CC/C=C\CCCC(=O)O[C@H]5CC[C@@]6(C)C(=CC[C@H]7[C@@H]8CC[C@H]([C@H](C)CCCC(C)C)[C@@]8(C)CC[C@@H]76)C5)CC[C@]4(C)[C@H]3CC[C@]12C. The molecule has 0 aromatic heterocycles. The summed E-state index contributed by atoms with van der Waals surface area (Å²) in [6.07, 6.45) is 49.6. The Morgan fingerprint density at radius 1 is 0.500 bits per heavy atom. The molecule has 0 aromatic rings. The molecule has 4 heteroatoms. The standard InChI is InChI=1S/C68H110O4/c1-47(2)23-21-25-49(5)57-33-35-59-55-31-29-51-45-53(37-41-65(51,7)61(55)39-43-67(57,59)9)71-63(69)27-19-17-15-13-11-12-14-16-18-20-28-64(70)72-54-38-42-66(8)52(46-54)30-32-56-60-36-34-58(50(6)26-22-24-48(3)4)68(60,10)44-40-62(56)66/h13-16,29-30,47-50,53-62H,11-12,17-28,31-46H2,1-10H3/b15-13-,16-14-/t49-,50-,53+,54+,55+,56+,57-,58-,59+,60+,61+,62+,65+,66+,67-,68-/m1/s1. The van der Waals surface area contributed by atoms with Crippen LogP contribution in [0, 0.1) is 92.7 Å². The molecule has 0 amide bonds. The van der Waals surface area contributed by atoms with Gasteiger partial charge in [-0.2, -0.15) is 0 Å². The summed E-state index contributed by atoms with van der Waals surface area (Å²) in [5, 5.41) is 0. The van der Waals surface area contributed by atoms with Crippen molar-refractivity contribution in [3.63, 3.8) is 0 Å². The topological polar surface area (TPSA) is 52.6 Å². The van der Waals surface area contributed by atoms with Gasteiger partial charge in [0.1, 0.15) is 12.2 Å². The number of ether oxygens (including phenoxy) is 2. The second-order valence-electron chi connectivity index (χ2n) is 28.6. The number of allylic oxidation sites excluding steroid dienone is 6. The highest BCUT2D eigenvalue weighted by molar-refractivity contribution is 5.70. The van der Waals surface area contributed by atoms with E-state index in [2.05, 4.69) is 106 Å². The van der Waals surface area contributed by atoms with Crippen molar-refractivity contribution in [3.8, 4) is 0 Å². The first-order valence-corrected chi connectivity index (χ1v) is 31.5. The molecule has 0 saturated heterocycles. The summed E-state index contributed by atoms with van der Waals surface area (Å²) in [5.74, 6) is 10.2. The number of carbonyl (C=O) groups excluding carboxylic acids is 2. The van der Waals surface area contributed by atoms with Crippen LogP contribution in [0.15, 0.2) is 47.6 Å². The predicted octanol–water partition coefficient (Wildman–Crippen LogP) is 19.1. The van der Waals surface area contributed by atoms with Crippen molar-refractivity contribution in [1.82, 2.24) is 0 Å². The van der Waals surface area contributed by atoms with Crippen molar-refractivity contribution >= 4 is 11.9 Å². The summed E-state index contributed by atoms with van der Waals surface area (Å²) < 4.78 is 12.3. The lowest BCUT2D eigenvalue weighted by atomic mass is 9.47. The number of fused-ring (bicyclic) bond motifs is 10. The maximum absolute atomic E-state index is 13.0. The van der Waals surface area contributed by atoms with Gasteiger partial charge < -0.3 is 9.47 Å². The average molecular weight is 992 g/mol. The van der Waals surface area contributed by atoms with Gasteiger partial charge in [0.25, 0.3) is 0 Å². The van der Waals surface area contributed by atoms with E-state index in [4.69, 9.17) is 9.47 Å². The Morgan fingerprint density at radius 2 is 0.903 bits per heavy atom.